The summed E-state index contributed by atoms with van der Waals surface area (Å²) in [6.45, 7) is 0. The van der Waals surface area contributed by atoms with Crippen molar-refractivity contribution >= 4 is 91.9 Å². The molecule has 0 fully saturated rings. The molecule has 0 unspecified atom stereocenters. The van der Waals surface area contributed by atoms with E-state index in [4.69, 9.17) is 0 Å². The van der Waals surface area contributed by atoms with Crippen molar-refractivity contribution in [3.8, 4) is 16.8 Å². The Bertz CT molecular complexity index is 3120. The van der Waals surface area contributed by atoms with Crippen molar-refractivity contribution in [2.45, 2.75) is 0 Å². The predicted molar refractivity (Wildman–Crippen MR) is 229 cm³/mol. The molecule has 11 rings (SSSR count). The lowest BCUT2D eigenvalue weighted by Gasteiger charge is -2.25. The van der Waals surface area contributed by atoms with Gasteiger partial charge in [-0.25, -0.2) is 0 Å². The highest BCUT2D eigenvalue weighted by molar-refractivity contribution is 7.25. The summed E-state index contributed by atoms with van der Waals surface area (Å²) in [5.41, 5.74) is 9.37. The molecule has 0 amide bonds. The molecule has 0 radical (unpaired) electrons. The molecule has 9 aromatic carbocycles. The first-order valence-corrected chi connectivity index (χ1v) is 18.9. The summed E-state index contributed by atoms with van der Waals surface area (Å²) in [4.78, 5) is 2.32. The molecule has 2 heterocycles. The number of aromatic nitrogens is 1. The molecule has 0 saturated carbocycles. The van der Waals surface area contributed by atoms with Crippen LogP contribution < -0.4 is 4.90 Å². The predicted octanol–water partition coefficient (Wildman–Crippen LogP) is 14.6. The highest BCUT2D eigenvalue weighted by atomic mass is 32.1. The van der Waals surface area contributed by atoms with Crippen LogP contribution in [0.4, 0.5) is 17.1 Å². The SMILES string of the molecule is c1ccc(N(c2ccccc2)c2ccc(-c3cccc4c5c6c(ccc7ccccc76)ccc5n(-c5ccc6sc7ccccc7c6c5)c34)cc2)cc1. The van der Waals surface area contributed by atoms with E-state index in [1.165, 1.54) is 80.3 Å². The van der Waals surface area contributed by atoms with Crippen molar-refractivity contribution in [3.05, 3.63) is 194 Å². The first-order chi connectivity index (χ1) is 26.3. The monoisotopic (exact) mass is 692 g/mol. The summed E-state index contributed by atoms with van der Waals surface area (Å²) < 4.78 is 5.14. The van der Waals surface area contributed by atoms with E-state index in [0.717, 1.165) is 17.1 Å². The van der Waals surface area contributed by atoms with Gasteiger partial charge in [-0.15, -0.1) is 11.3 Å². The average Bonchev–Trinajstić information content (AvgIpc) is 3.77. The molecule has 0 atom stereocenters. The molecule has 2 nitrogen and oxygen atoms in total. The van der Waals surface area contributed by atoms with Crippen LogP contribution in [0.1, 0.15) is 0 Å². The van der Waals surface area contributed by atoms with Crippen LogP contribution in [-0.2, 0) is 0 Å². The van der Waals surface area contributed by atoms with Crippen LogP contribution >= 0.6 is 11.3 Å². The third kappa shape index (κ3) is 4.71. The van der Waals surface area contributed by atoms with Gasteiger partial charge in [-0.2, -0.15) is 0 Å². The van der Waals surface area contributed by atoms with Gasteiger partial charge in [-0.1, -0.05) is 127 Å². The molecular weight excluding hydrogens is 661 g/mol. The van der Waals surface area contributed by atoms with Gasteiger partial charge in [0.05, 0.1) is 11.0 Å². The molecule has 0 aliphatic carbocycles. The van der Waals surface area contributed by atoms with Gasteiger partial charge < -0.3 is 9.47 Å². The Labute approximate surface area is 311 Å². The van der Waals surface area contributed by atoms with Crippen LogP contribution in [0, 0.1) is 0 Å². The van der Waals surface area contributed by atoms with E-state index in [-0.39, 0.29) is 0 Å². The fourth-order valence-corrected chi connectivity index (χ4v) is 9.48. The van der Waals surface area contributed by atoms with Gasteiger partial charge in [-0.3, -0.25) is 0 Å². The van der Waals surface area contributed by atoms with E-state index in [1.807, 2.05) is 11.3 Å². The van der Waals surface area contributed by atoms with Crippen LogP contribution in [0.15, 0.2) is 194 Å². The molecule has 3 heteroatoms. The van der Waals surface area contributed by atoms with Crippen LogP contribution in [0.25, 0.3) is 80.3 Å². The van der Waals surface area contributed by atoms with Crippen molar-refractivity contribution < 1.29 is 0 Å². The topological polar surface area (TPSA) is 8.17 Å². The second-order valence-corrected chi connectivity index (χ2v) is 14.8. The summed E-state index contributed by atoms with van der Waals surface area (Å²) in [6.07, 6.45) is 0. The summed E-state index contributed by atoms with van der Waals surface area (Å²) in [5, 5.41) is 10.3. The quantitative estimate of drug-likeness (QED) is 0.163. The minimum absolute atomic E-state index is 1.12. The van der Waals surface area contributed by atoms with Gasteiger partial charge in [0.1, 0.15) is 0 Å². The van der Waals surface area contributed by atoms with Crippen LogP contribution in [0.3, 0.4) is 0 Å². The third-order valence-corrected chi connectivity index (χ3v) is 11.9. The standard InChI is InChI=1S/C50H32N2S/c1-3-13-36(14-4-1)51(37-15-5-2-6-16-37)38-27-24-34(25-28-38)41-19-11-20-43-49-45(30-26-35-23-22-33-12-7-8-17-40(33)48(35)49)52(50(41)43)39-29-31-47-44(32-39)42-18-9-10-21-46(42)53-47/h1-32H. The van der Waals surface area contributed by atoms with Crippen LogP contribution in [0.2, 0.25) is 0 Å². The number of nitrogens with zero attached hydrogens (tertiary/aromatic N) is 2. The second kappa shape index (κ2) is 11.9. The maximum atomic E-state index is 2.52. The first-order valence-electron chi connectivity index (χ1n) is 18.1. The number of thiophene rings is 1. The zero-order valence-electron chi connectivity index (χ0n) is 28.8. The molecule has 2 aromatic heterocycles. The lowest BCUT2D eigenvalue weighted by Crippen LogP contribution is -2.09. The number of hydrogen-bond acceptors (Lipinski definition) is 2. The molecule has 0 aliphatic rings. The number of rotatable bonds is 5. The van der Waals surface area contributed by atoms with E-state index in [0.29, 0.717) is 0 Å². The van der Waals surface area contributed by atoms with Crippen molar-refractivity contribution in [1.82, 2.24) is 4.57 Å². The largest absolute Gasteiger partial charge is 0.311 e. The zero-order chi connectivity index (χ0) is 34.9. The minimum atomic E-state index is 1.12. The summed E-state index contributed by atoms with van der Waals surface area (Å²) in [6, 6.07) is 70.9. The number of para-hydroxylation sites is 3. The van der Waals surface area contributed by atoms with E-state index in [9.17, 15) is 0 Å². The summed E-state index contributed by atoms with van der Waals surface area (Å²) in [5.74, 6) is 0. The summed E-state index contributed by atoms with van der Waals surface area (Å²) >= 11 is 1.87. The average molecular weight is 693 g/mol. The molecule has 248 valence electrons. The van der Waals surface area contributed by atoms with Gasteiger partial charge in [-0.05, 0) is 93.8 Å². The van der Waals surface area contributed by atoms with Gasteiger partial charge in [0.2, 0.25) is 0 Å². The Morgan fingerprint density at radius 3 is 1.81 bits per heavy atom. The molecule has 53 heavy (non-hydrogen) atoms. The molecule has 0 N–H and O–H groups in total. The highest BCUT2D eigenvalue weighted by Crippen LogP contribution is 2.45. The van der Waals surface area contributed by atoms with E-state index in [2.05, 4.69) is 204 Å². The zero-order valence-corrected chi connectivity index (χ0v) is 29.6. The number of anilines is 3. The molecular formula is C50H32N2S. The molecule has 0 aliphatic heterocycles. The Hall–Kier alpha value is -6.68. The molecule has 11 aromatic rings. The minimum Gasteiger partial charge on any atom is -0.311 e. The Kier molecular flexibility index (Phi) is 6.76. The van der Waals surface area contributed by atoms with Gasteiger partial charge in [0.15, 0.2) is 0 Å². The molecule has 0 spiro atoms. The highest BCUT2D eigenvalue weighted by Gasteiger charge is 2.21. The smallest absolute Gasteiger partial charge is 0.0619 e. The summed E-state index contributed by atoms with van der Waals surface area (Å²) in [7, 11) is 0. The van der Waals surface area contributed by atoms with Crippen molar-refractivity contribution in [2.75, 3.05) is 4.90 Å². The molecule has 0 bridgehead atoms. The fraction of sp³-hybridized carbons (Fsp3) is 0. The maximum absolute atomic E-state index is 2.52. The van der Waals surface area contributed by atoms with E-state index >= 15 is 0 Å². The van der Waals surface area contributed by atoms with Gasteiger partial charge in [0.25, 0.3) is 0 Å². The Morgan fingerprint density at radius 1 is 0.396 bits per heavy atom. The van der Waals surface area contributed by atoms with Crippen LogP contribution in [0.5, 0.6) is 0 Å². The van der Waals surface area contributed by atoms with Crippen molar-refractivity contribution in [1.29, 1.82) is 0 Å². The fourth-order valence-electron chi connectivity index (χ4n) is 8.40. The maximum Gasteiger partial charge on any atom is 0.0619 e. The third-order valence-electron chi connectivity index (χ3n) is 10.7. The van der Waals surface area contributed by atoms with Crippen LogP contribution in [-0.4, -0.2) is 4.57 Å². The Morgan fingerprint density at radius 2 is 1.02 bits per heavy atom. The lowest BCUT2D eigenvalue weighted by atomic mass is 9.96. The van der Waals surface area contributed by atoms with Gasteiger partial charge in [0, 0.05) is 59.3 Å². The number of benzene rings is 9. The van der Waals surface area contributed by atoms with Crippen molar-refractivity contribution in [2.24, 2.45) is 0 Å². The van der Waals surface area contributed by atoms with E-state index < -0.39 is 0 Å². The van der Waals surface area contributed by atoms with E-state index in [1.54, 1.807) is 0 Å². The van der Waals surface area contributed by atoms with Gasteiger partial charge >= 0.3 is 0 Å². The number of hydrogen-bond donors (Lipinski definition) is 0. The first kappa shape index (κ1) is 30.0. The number of fused-ring (bicyclic) bond motifs is 10. The second-order valence-electron chi connectivity index (χ2n) is 13.7. The Balaban J connectivity index is 1.19. The normalized spacial score (nSPS) is 11.8. The van der Waals surface area contributed by atoms with Crippen molar-refractivity contribution in [3.63, 3.8) is 0 Å². The lowest BCUT2D eigenvalue weighted by molar-refractivity contribution is 1.19. The molecule has 0 saturated heterocycles.